The SMILES string of the molecule is CCc1ccc(N2C[C@H](C(=O)Nc3nnc(SCCOC)s3)CC2=O)cc1. The first-order chi connectivity index (χ1) is 13.1. The highest BCUT2D eigenvalue weighted by molar-refractivity contribution is 8.01. The van der Waals surface area contributed by atoms with Gasteiger partial charge < -0.3 is 15.0 Å². The van der Waals surface area contributed by atoms with Gasteiger partial charge in [0.05, 0.1) is 12.5 Å². The van der Waals surface area contributed by atoms with Crippen molar-refractivity contribution in [3.63, 3.8) is 0 Å². The summed E-state index contributed by atoms with van der Waals surface area (Å²) in [5.41, 5.74) is 2.05. The van der Waals surface area contributed by atoms with Gasteiger partial charge in [0.25, 0.3) is 0 Å². The number of aromatic nitrogens is 2. The molecule has 144 valence electrons. The molecule has 0 unspecified atom stereocenters. The number of hydrogen-bond acceptors (Lipinski definition) is 7. The maximum atomic E-state index is 12.5. The van der Waals surface area contributed by atoms with Crippen LogP contribution in [0.1, 0.15) is 18.9 Å². The molecular weight excluding hydrogens is 384 g/mol. The number of ether oxygens (including phenoxy) is 1. The van der Waals surface area contributed by atoms with Gasteiger partial charge in [-0.3, -0.25) is 9.59 Å². The van der Waals surface area contributed by atoms with Gasteiger partial charge >= 0.3 is 0 Å². The van der Waals surface area contributed by atoms with E-state index in [-0.39, 0.29) is 18.2 Å². The molecule has 7 nitrogen and oxygen atoms in total. The van der Waals surface area contributed by atoms with Crippen molar-refractivity contribution in [1.82, 2.24) is 10.2 Å². The van der Waals surface area contributed by atoms with Gasteiger partial charge in [0.15, 0.2) is 4.34 Å². The maximum Gasteiger partial charge on any atom is 0.231 e. The third-order valence-electron chi connectivity index (χ3n) is 4.30. The molecule has 0 bridgehead atoms. The van der Waals surface area contributed by atoms with Crippen LogP contribution in [0.5, 0.6) is 0 Å². The van der Waals surface area contributed by atoms with Crippen LogP contribution >= 0.6 is 23.1 Å². The highest BCUT2D eigenvalue weighted by Crippen LogP contribution is 2.28. The Morgan fingerprint density at radius 3 is 2.85 bits per heavy atom. The van der Waals surface area contributed by atoms with Crippen LogP contribution in [-0.4, -0.2) is 48.0 Å². The lowest BCUT2D eigenvalue weighted by Gasteiger charge is -2.16. The van der Waals surface area contributed by atoms with Crippen molar-refractivity contribution in [1.29, 1.82) is 0 Å². The number of amides is 2. The molecule has 0 saturated carbocycles. The smallest absolute Gasteiger partial charge is 0.231 e. The van der Waals surface area contributed by atoms with Gasteiger partial charge in [-0.2, -0.15) is 0 Å². The topological polar surface area (TPSA) is 84.4 Å². The van der Waals surface area contributed by atoms with Crippen LogP contribution < -0.4 is 10.2 Å². The first-order valence-corrected chi connectivity index (χ1v) is 10.6. The highest BCUT2D eigenvalue weighted by Gasteiger charge is 2.35. The fourth-order valence-electron chi connectivity index (χ4n) is 2.78. The zero-order chi connectivity index (χ0) is 19.2. The Morgan fingerprint density at radius 1 is 1.37 bits per heavy atom. The summed E-state index contributed by atoms with van der Waals surface area (Å²) in [7, 11) is 1.65. The average molecular weight is 407 g/mol. The lowest BCUT2D eigenvalue weighted by atomic mass is 10.1. The number of methoxy groups -OCH3 is 1. The minimum atomic E-state index is -0.392. The first-order valence-electron chi connectivity index (χ1n) is 8.76. The number of aryl methyl sites for hydroxylation is 1. The second-order valence-electron chi connectivity index (χ2n) is 6.13. The summed E-state index contributed by atoms with van der Waals surface area (Å²) in [4.78, 5) is 26.6. The molecule has 0 radical (unpaired) electrons. The predicted molar refractivity (Wildman–Crippen MR) is 107 cm³/mol. The van der Waals surface area contributed by atoms with Crippen molar-refractivity contribution in [2.75, 3.05) is 36.2 Å². The summed E-state index contributed by atoms with van der Waals surface area (Å²) in [6.45, 7) is 3.10. The Hall–Kier alpha value is -1.97. The van der Waals surface area contributed by atoms with Gasteiger partial charge in [-0.25, -0.2) is 0 Å². The molecule has 2 amide bonds. The van der Waals surface area contributed by atoms with Crippen LogP contribution in [0.3, 0.4) is 0 Å². The van der Waals surface area contributed by atoms with E-state index >= 15 is 0 Å². The second kappa shape index (κ2) is 9.29. The van der Waals surface area contributed by atoms with Gasteiger partial charge in [-0.05, 0) is 24.1 Å². The normalized spacial score (nSPS) is 16.7. The van der Waals surface area contributed by atoms with Crippen molar-refractivity contribution in [2.24, 2.45) is 5.92 Å². The van der Waals surface area contributed by atoms with Crippen LogP contribution in [0.2, 0.25) is 0 Å². The average Bonchev–Trinajstić information content (AvgIpc) is 3.28. The van der Waals surface area contributed by atoms with Gasteiger partial charge in [-0.1, -0.05) is 42.2 Å². The van der Waals surface area contributed by atoms with E-state index in [0.717, 1.165) is 22.2 Å². The van der Waals surface area contributed by atoms with E-state index in [9.17, 15) is 9.59 Å². The van der Waals surface area contributed by atoms with Gasteiger partial charge in [0.2, 0.25) is 16.9 Å². The molecule has 1 aliphatic rings. The largest absolute Gasteiger partial charge is 0.384 e. The molecule has 0 aliphatic carbocycles. The van der Waals surface area contributed by atoms with Gasteiger partial charge in [-0.15, -0.1) is 10.2 Å². The van der Waals surface area contributed by atoms with E-state index in [1.807, 2.05) is 24.3 Å². The van der Waals surface area contributed by atoms with E-state index < -0.39 is 5.92 Å². The maximum absolute atomic E-state index is 12.5. The zero-order valence-electron chi connectivity index (χ0n) is 15.3. The molecular formula is C18H22N4O3S2. The third-order valence-corrected chi connectivity index (χ3v) is 6.24. The van der Waals surface area contributed by atoms with E-state index in [1.54, 1.807) is 12.0 Å². The Morgan fingerprint density at radius 2 is 2.15 bits per heavy atom. The Labute approximate surface area is 166 Å². The van der Waals surface area contributed by atoms with Crippen molar-refractivity contribution in [2.45, 2.75) is 24.1 Å². The zero-order valence-corrected chi connectivity index (χ0v) is 16.9. The van der Waals surface area contributed by atoms with Crippen LogP contribution in [-0.2, 0) is 20.7 Å². The second-order valence-corrected chi connectivity index (χ2v) is 8.45. The molecule has 1 aliphatic heterocycles. The van der Waals surface area contributed by atoms with E-state index in [0.29, 0.717) is 18.3 Å². The number of anilines is 2. The minimum absolute atomic E-state index is 0.0347. The van der Waals surface area contributed by atoms with Crippen molar-refractivity contribution >= 4 is 45.7 Å². The summed E-state index contributed by atoms with van der Waals surface area (Å²) >= 11 is 2.86. The summed E-state index contributed by atoms with van der Waals surface area (Å²) in [5, 5.41) is 11.3. The number of thioether (sulfide) groups is 1. The van der Waals surface area contributed by atoms with Crippen molar-refractivity contribution in [3.8, 4) is 0 Å². The molecule has 0 spiro atoms. The number of hydrogen-bond donors (Lipinski definition) is 1. The molecule has 1 aromatic heterocycles. The van der Waals surface area contributed by atoms with Crippen molar-refractivity contribution < 1.29 is 14.3 Å². The number of nitrogens with one attached hydrogen (secondary N) is 1. The van der Waals surface area contributed by atoms with Gasteiger partial charge in [0, 0.05) is 31.5 Å². The summed E-state index contributed by atoms with van der Waals surface area (Å²) < 4.78 is 5.78. The Kier molecular flexibility index (Phi) is 6.81. The fraction of sp³-hybridized carbons (Fsp3) is 0.444. The van der Waals surface area contributed by atoms with Gasteiger partial charge in [0.1, 0.15) is 0 Å². The molecule has 3 rings (SSSR count). The van der Waals surface area contributed by atoms with Crippen molar-refractivity contribution in [3.05, 3.63) is 29.8 Å². The molecule has 1 atom stereocenters. The van der Waals surface area contributed by atoms with E-state index in [4.69, 9.17) is 4.74 Å². The quantitative estimate of drug-likeness (QED) is 0.412. The number of benzene rings is 1. The fourth-order valence-corrected chi connectivity index (χ4v) is 4.51. The number of carbonyl (C=O) groups is 2. The number of nitrogens with zero attached hydrogens (tertiary/aromatic N) is 3. The Bertz CT molecular complexity index is 794. The van der Waals surface area contributed by atoms with Crippen LogP contribution in [0, 0.1) is 5.92 Å². The summed E-state index contributed by atoms with van der Waals surface area (Å²) in [6.07, 6.45) is 1.16. The lowest BCUT2D eigenvalue weighted by Crippen LogP contribution is -2.28. The molecule has 2 aromatic rings. The van der Waals surface area contributed by atoms with E-state index in [1.165, 1.54) is 28.7 Å². The number of carbonyl (C=O) groups excluding carboxylic acids is 2. The molecule has 2 heterocycles. The Balaban J connectivity index is 1.57. The molecule has 9 heteroatoms. The molecule has 1 N–H and O–H groups in total. The molecule has 27 heavy (non-hydrogen) atoms. The molecule has 1 fully saturated rings. The standard InChI is InChI=1S/C18H22N4O3S2/c1-3-12-4-6-14(7-5-12)22-11-13(10-15(22)23)16(24)19-17-20-21-18(27-17)26-9-8-25-2/h4-7,13H,3,8-11H2,1-2H3,(H,19,20,24)/t13-/m1/s1. The highest BCUT2D eigenvalue weighted by atomic mass is 32.2. The monoisotopic (exact) mass is 406 g/mol. The molecule has 1 aromatic carbocycles. The summed E-state index contributed by atoms with van der Waals surface area (Å²) in [5.74, 6) is 0.159. The third kappa shape index (κ3) is 5.06. The lowest BCUT2D eigenvalue weighted by molar-refractivity contribution is -0.122. The minimum Gasteiger partial charge on any atom is -0.384 e. The van der Waals surface area contributed by atoms with Crippen LogP contribution in [0.15, 0.2) is 28.6 Å². The predicted octanol–water partition coefficient (Wildman–Crippen LogP) is 2.83. The molecule has 1 saturated heterocycles. The van der Waals surface area contributed by atoms with Crippen LogP contribution in [0.4, 0.5) is 10.8 Å². The van der Waals surface area contributed by atoms with Crippen LogP contribution in [0.25, 0.3) is 0 Å². The first kappa shape index (κ1) is 19.8. The number of rotatable bonds is 8. The van der Waals surface area contributed by atoms with E-state index in [2.05, 4.69) is 22.4 Å². The summed E-state index contributed by atoms with van der Waals surface area (Å²) in [6, 6.07) is 7.90.